The molecule has 1 rings (SSSR count). The number of carbonyl (C=O) groups excluding carboxylic acids is 4. The number of benzene rings is 1. The van der Waals surface area contributed by atoms with Crippen molar-refractivity contribution in [1.29, 1.82) is 0 Å². The van der Waals surface area contributed by atoms with Crippen LogP contribution in [0.4, 0.5) is 4.79 Å². The maximum Gasteiger partial charge on any atom is 0.408 e. The molecule has 0 fully saturated rings. The van der Waals surface area contributed by atoms with E-state index in [-0.39, 0.29) is 31.9 Å². The van der Waals surface area contributed by atoms with Crippen molar-refractivity contribution < 1.29 is 33.8 Å². The summed E-state index contributed by atoms with van der Waals surface area (Å²) in [6.45, 7) is 6.67. The van der Waals surface area contributed by atoms with E-state index in [0.29, 0.717) is 5.56 Å². The van der Waals surface area contributed by atoms with E-state index < -0.39 is 35.5 Å². The predicted molar refractivity (Wildman–Crippen MR) is 112 cm³/mol. The number of phenolic OH excluding ortho intramolecular Hbond substituents is 1. The fourth-order valence-corrected chi connectivity index (χ4v) is 2.56. The van der Waals surface area contributed by atoms with E-state index in [9.17, 15) is 24.3 Å². The Kier molecular flexibility index (Phi) is 9.78. The molecule has 0 heterocycles. The molecular weight excluding hydrogens is 406 g/mol. The van der Waals surface area contributed by atoms with Gasteiger partial charge in [0.25, 0.3) is 0 Å². The topological polar surface area (TPSA) is 134 Å². The third kappa shape index (κ3) is 9.37. The maximum absolute atomic E-state index is 12.8. The number of hydrogen-bond donors (Lipinski definition) is 3. The average Bonchev–Trinajstić information content (AvgIpc) is 2.66. The van der Waals surface area contributed by atoms with Crippen molar-refractivity contribution in [1.82, 2.24) is 15.5 Å². The largest absolute Gasteiger partial charge is 0.508 e. The zero-order valence-corrected chi connectivity index (χ0v) is 18.6. The maximum atomic E-state index is 12.8. The Morgan fingerprint density at radius 3 is 2.26 bits per heavy atom. The molecule has 0 aliphatic carbocycles. The molecular formula is C21H31N3O7. The van der Waals surface area contributed by atoms with Crippen LogP contribution in [0.3, 0.4) is 0 Å². The zero-order chi connectivity index (χ0) is 23.6. The number of rotatable bonds is 9. The van der Waals surface area contributed by atoms with E-state index in [1.165, 1.54) is 36.2 Å². The van der Waals surface area contributed by atoms with Gasteiger partial charge in [-0.25, -0.2) is 4.79 Å². The molecule has 0 aliphatic rings. The van der Waals surface area contributed by atoms with E-state index >= 15 is 0 Å². The number of likely N-dealkylation sites (N-methyl/N-ethyl adjacent to an activating group) is 1. The Bertz CT molecular complexity index is 772. The number of nitrogens with one attached hydrogen (secondary N) is 2. The molecule has 0 saturated heterocycles. The van der Waals surface area contributed by atoms with Crippen molar-refractivity contribution in [2.24, 2.45) is 0 Å². The van der Waals surface area contributed by atoms with Gasteiger partial charge in [0.1, 0.15) is 23.9 Å². The van der Waals surface area contributed by atoms with Gasteiger partial charge >= 0.3 is 12.1 Å². The first kappa shape index (κ1) is 25.7. The van der Waals surface area contributed by atoms with E-state index in [2.05, 4.69) is 10.6 Å². The monoisotopic (exact) mass is 437 g/mol. The summed E-state index contributed by atoms with van der Waals surface area (Å²) >= 11 is 0. The number of nitrogens with zero attached hydrogens (tertiary/aromatic N) is 1. The van der Waals surface area contributed by atoms with Gasteiger partial charge < -0.3 is 30.1 Å². The van der Waals surface area contributed by atoms with E-state index in [1.807, 2.05) is 0 Å². The van der Waals surface area contributed by atoms with Crippen molar-refractivity contribution in [2.75, 3.05) is 26.7 Å². The summed E-state index contributed by atoms with van der Waals surface area (Å²) in [5.74, 6) is -1.51. The van der Waals surface area contributed by atoms with Crippen molar-refractivity contribution in [2.45, 2.75) is 45.8 Å². The number of aromatic hydroxyl groups is 1. The first-order valence-electron chi connectivity index (χ1n) is 9.89. The Hall–Kier alpha value is -3.30. The highest BCUT2D eigenvalue weighted by Gasteiger charge is 2.29. The molecule has 172 valence electrons. The summed E-state index contributed by atoms with van der Waals surface area (Å²) in [6.07, 6.45) is -0.769. The molecule has 0 radical (unpaired) electrons. The summed E-state index contributed by atoms with van der Waals surface area (Å²) < 4.78 is 9.92. The molecule has 0 spiro atoms. The number of ether oxygens (including phenoxy) is 2. The quantitative estimate of drug-likeness (QED) is 0.498. The van der Waals surface area contributed by atoms with Crippen LogP contribution in [0.1, 0.15) is 45.7 Å². The lowest BCUT2D eigenvalue weighted by Crippen LogP contribution is -2.46. The smallest absolute Gasteiger partial charge is 0.408 e. The van der Waals surface area contributed by atoms with Crippen molar-refractivity contribution in [3.05, 3.63) is 29.8 Å². The Balaban J connectivity index is 2.86. The average molecular weight is 437 g/mol. The molecule has 1 aromatic carbocycles. The van der Waals surface area contributed by atoms with Gasteiger partial charge in [-0.05, 0) is 45.4 Å². The number of phenols is 1. The summed E-state index contributed by atoms with van der Waals surface area (Å²) in [5.41, 5.74) is -0.272. The fraction of sp³-hybridized carbons (Fsp3) is 0.524. The molecule has 0 aromatic heterocycles. The number of alkyl carbamates (subject to hydrolysis) is 1. The summed E-state index contributed by atoms with van der Waals surface area (Å²) in [7, 11) is 1.42. The van der Waals surface area contributed by atoms with E-state index in [1.54, 1.807) is 27.7 Å². The minimum absolute atomic E-state index is 0.00536. The number of carbonyl (C=O) groups is 4. The fourth-order valence-electron chi connectivity index (χ4n) is 2.56. The second-order valence-electron chi connectivity index (χ2n) is 7.70. The van der Waals surface area contributed by atoms with Gasteiger partial charge in [0.15, 0.2) is 0 Å². The van der Waals surface area contributed by atoms with Crippen LogP contribution in [0.25, 0.3) is 0 Å². The molecule has 1 aromatic rings. The highest BCUT2D eigenvalue weighted by atomic mass is 16.6. The first-order valence-corrected chi connectivity index (χ1v) is 9.89. The first-order chi connectivity index (χ1) is 14.4. The van der Waals surface area contributed by atoms with Gasteiger partial charge in [0.2, 0.25) is 11.8 Å². The molecule has 0 aliphatic heterocycles. The minimum atomic E-state index is -1.05. The van der Waals surface area contributed by atoms with Crippen LogP contribution in [0.15, 0.2) is 24.3 Å². The molecule has 31 heavy (non-hydrogen) atoms. The van der Waals surface area contributed by atoms with Crippen molar-refractivity contribution >= 4 is 23.9 Å². The van der Waals surface area contributed by atoms with Crippen LogP contribution < -0.4 is 10.6 Å². The van der Waals surface area contributed by atoms with Crippen LogP contribution >= 0.6 is 0 Å². The highest BCUT2D eigenvalue weighted by Crippen LogP contribution is 2.22. The van der Waals surface area contributed by atoms with Crippen molar-refractivity contribution in [3.63, 3.8) is 0 Å². The van der Waals surface area contributed by atoms with E-state index in [4.69, 9.17) is 9.47 Å². The summed E-state index contributed by atoms with van der Waals surface area (Å²) in [5, 5.41) is 14.5. The lowest BCUT2D eigenvalue weighted by Gasteiger charge is -2.28. The van der Waals surface area contributed by atoms with Crippen LogP contribution in [-0.2, 0) is 23.9 Å². The molecule has 1 atom stereocenters. The van der Waals surface area contributed by atoms with Crippen LogP contribution in [0.5, 0.6) is 5.75 Å². The second kappa shape index (κ2) is 11.8. The summed E-state index contributed by atoms with van der Waals surface area (Å²) in [6, 6.07) is 4.76. The van der Waals surface area contributed by atoms with Crippen molar-refractivity contribution in [3.8, 4) is 5.75 Å². The lowest BCUT2D eigenvalue weighted by molar-refractivity contribution is -0.143. The standard InChI is InChI=1S/C21H31N3O7/c1-6-30-17(27)11-12-22-19(28)18(14-7-9-15(25)10-8-14)24(5)16(26)13-23-20(29)31-21(2,3)4/h7-10,18,25H,6,11-13H2,1-5H3,(H,22,28)(H,23,29). The van der Waals surface area contributed by atoms with Crippen LogP contribution in [-0.4, -0.2) is 66.2 Å². The molecule has 0 bridgehead atoms. The molecule has 3 N–H and O–H groups in total. The third-order valence-electron chi connectivity index (χ3n) is 3.95. The molecule has 1 unspecified atom stereocenters. The second-order valence-corrected chi connectivity index (χ2v) is 7.70. The van der Waals surface area contributed by atoms with Crippen LogP contribution in [0.2, 0.25) is 0 Å². The Morgan fingerprint density at radius 1 is 1.10 bits per heavy atom. The summed E-state index contributed by atoms with van der Waals surface area (Å²) in [4.78, 5) is 49.9. The van der Waals surface area contributed by atoms with Gasteiger partial charge in [0.05, 0.1) is 13.0 Å². The van der Waals surface area contributed by atoms with Gasteiger partial charge in [-0.1, -0.05) is 12.1 Å². The SMILES string of the molecule is CCOC(=O)CCNC(=O)C(c1ccc(O)cc1)N(C)C(=O)CNC(=O)OC(C)(C)C. The molecule has 10 heteroatoms. The van der Waals surface area contributed by atoms with Gasteiger partial charge in [0, 0.05) is 13.6 Å². The van der Waals surface area contributed by atoms with Gasteiger partial charge in [-0.3, -0.25) is 14.4 Å². The lowest BCUT2D eigenvalue weighted by atomic mass is 10.0. The Morgan fingerprint density at radius 2 is 1.71 bits per heavy atom. The zero-order valence-electron chi connectivity index (χ0n) is 18.6. The highest BCUT2D eigenvalue weighted by molar-refractivity contribution is 5.90. The predicted octanol–water partition coefficient (Wildman–Crippen LogP) is 1.49. The molecule has 10 nitrogen and oxygen atoms in total. The minimum Gasteiger partial charge on any atom is -0.508 e. The number of amides is 3. The third-order valence-corrected chi connectivity index (χ3v) is 3.95. The normalized spacial score (nSPS) is 11.8. The number of esters is 1. The molecule has 0 saturated carbocycles. The van der Waals surface area contributed by atoms with Crippen LogP contribution in [0, 0.1) is 0 Å². The van der Waals surface area contributed by atoms with E-state index in [0.717, 1.165) is 0 Å². The Labute approximate surface area is 181 Å². The number of hydrogen-bond acceptors (Lipinski definition) is 7. The molecule has 3 amide bonds. The van der Waals surface area contributed by atoms with Gasteiger partial charge in [-0.2, -0.15) is 0 Å². The van der Waals surface area contributed by atoms with Gasteiger partial charge in [-0.15, -0.1) is 0 Å².